The smallest absolute Gasteiger partial charge is 0.307 e. The van der Waals surface area contributed by atoms with E-state index in [9.17, 15) is 9.59 Å². The summed E-state index contributed by atoms with van der Waals surface area (Å²) in [7, 11) is 1.33. The second-order valence-corrected chi connectivity index (χ2v) is 8.44. The van der Waals surface area contributed by atoms with Crippen LogP contribution in [0.4, 0.5) is 0 Å². The van der Waals surface area contributed by atoms with Crippen LogP contribution in [0.25, 0.3) is 10.6 Å². The van der Waals surface area contributed by atoms with E-state index in [0.29, 0.717) is 10.7 Å². The van der Waals surface area contributed by atoms with Gasteiger partial charge in [0.2, 0.25) is 5.91 Å². The SMILES string of the molecule is COC(=O)CC(NC(=O)Cc1csc(-c2ccccc2Cl)n1)c1cccc(Br)c1. The average molecular weight is 494 g/mol. The number of nitrogens with zero attached hydrogens (tertiary/aromatic N) is 1. The van der Waals surface area contributed by atoms with Gasteiger partial charge in [-0.15, -0.1) is 11.3 Å². The van der Waals surface area contributed by atoms with Gasteiger partial charge in [-0.1, -0.05) is 57.9 Å². The Morgan fingerprint density at radius 2 is 2.03 bits per heavy atom. The summed E-state index contributed by atoms with van der Waals surface area (Å²) >= 11 is 11.1. The van der Waals surface area contributed by atoms with E-state index in [1.807, 2.05) is 47.8 Å². The molecular weight excluding hydrogens is 476 g/mol. The van der Waals surface area contributed by atoms with E-state index in [1.54, 1.807) is 6.07 Å². The molecule has 3 aromatic rings. The van der Waals surface area contributed by atoms with E-state index in [0.717, 1.165) is 20.6 Å². The number of carbonyl (C=O) groups is 2. The molecule has 0 aliphatic rings. The second kappa shape index (κ2) is 10.0. The standard InChI is InChI=1S/C21H18BrClN2O3S/c1-28-20(27)11-18(13-5-4-6-14(22)9-13)25-19(26)10-15-12-29-21(24-15)16-7-2-3-8-17(16)23/h2-9,12,18H,10-11H2,1H3,(H,25,26). The van der Waals surface area contributed by atoms with Gasteiger partial charge in [0.05, 0.1) is 36.7 Å². The monoisotopic (exact) mass is 492 g/mol. The van der Waals surface area contributed by atoms with Crippen LogP contribution in [0.3, 0.4) is 0 Å². The van der Waals surface area contributed by atoms with E-state index in [4.69, 9.17) is 16.3 Å². The zero-order valence-corrected chi connectivity index (χ0v) is 18.7. The van der Waals surface area contributed by atoms with Crippen LogP contribution in [0.5, 0.6) is 0 Å². The second-order valence-electron chi connectivity index (χ2n) is 6.26. The Bertz CT molecular complexity index is 1020. The van der Waals surface area contributed by atoms with Crippen molar-refractivity contribution in [1.29, 1.82) is 0 Å². The maximum atomic E-state index is 12.6. The van der Waals surface area contributed by atoms with Crippen molar-refractivity contribution >= 4 is 50.7 Å². The summed E-state index contributed by atoms with van der Waals surface area (Å²) in [6, 6.07) is 14.4. The summed E-state index contributed by atoms with van der Waals surface area (Å²) in [4.78, 5) is 29.0. The Labute approximate surface area is 186 Å². The van der Waals surface area contributed by atoms with Crippen molar-refractivity contribution in [3.8, 4) is 10.6 Å². The predicted molar refractivity (Wildman–Crippen MR) is 118 cm³/mol. The van der Waals surface area contributed by atoms with Crippen molar-refractivity contribution in [2.24, 2.45) is 0 Å². The van der Waals surface area contributed by atoms with Crippen LogP contribution in [-0.2, 0) is 20.7 Å². The normalized spacial score (nSPS) is 11.7. The highest BCUT2D eigenvalue weighted by atomic mass is 79.9. The lowest BCUT2D eigenvalue weighted by atomic mass is 10.0. The number of rotatable bonds is 7. The number of esters is 1. The number of hydrogen-bond donors (Lipinski definition) is 1. The van der Waals surface area contributed by atoms with Crippen LogP contribution in [0.1, 0.15) is 23.7 Å². The van der Waals surface area contributed by atoms with Crippen molar-refractivity contribution in [3.63, 3.8) is 0 Å². The number of carbonyl (C=O) groups excluding carboxylic acids is 2. The summed E-state index contributed by atoms with van der Waals surface area (Å²) in [6.45, 7) is 0. The highest BCUT2D eigenvalue weighted by Gasteiger charge is 2.20. The molecule has 5 nitrogen and oxygen atoms in total. The Hall–Kier alpha value is -2.22. The Morgan fingerprint density at radius 3 is 2.76 bits per heavy atom. The minimum Gasteiger partial charge on any atom is -0.469 e. The summed E-state index contributed by atoms with van der Waals surface area (Å²) in [6.07, 6.45) is 0.146. The lowest BCUT2D eigenvalue weighted by Crippen LogP contribution is -2.31. The third-order valence-corrected chi connectivity index (χ3v) is 5.93. The molecule has 0 saturated heterocycles. The predicted octanol–water partition coefficient (Wildman–Crippen LogP) is 5.19. The molecule has 3 rings (SSSR count). The maximum Gasteiger partial charge on any atom is 0.307 e. The molecule has 1 aromatic heterocycles. The molecular formula is C21H18BrClN2O3S. The first-order valence-corrected chi connectivity index (χ1v) is 10.8. The number of nitrogens with one attached hydrogen (secondary N) is 1. The minimum absolute atomic E-state index is 0.0423. The molecule has 0 bridgehead atoms. The van der Waals surface area contributed by atoms with Gasteiger partial charge >= 0.3 is 5.97 Å². The lowest BCUT2D eigenvalue weighted by Gasteiger charge is -2.18. The van der Waals surface area contributed by atoms with Crippen molar-refractivity contribution in [1.82, 2.24) is 10.3 Å². The summed E-state index contributed by atoms with van der Waals surface area (Å²) < 4.78 is 5.63. The third-order valence-electron chi connectivity index (χ3n) is 4.18. The molecule has 1 amide bonds. The van der Waals surface area contributed by atoms with Gasteiger partial charge in [0, 0.05) is 15.4 Å². The molecule has 0 aliphatic heterocycles. The number of benzene rings is 2. The van der Waals surface area contributed by atoms with Crippen LogP contribution in [0.15, 0.2) is 58.4 Å². The van der Waals surface area contributed by atoms with Crippen molar-refractivity contribution in [3.05, 3.63) is 74.7 Å². The van der Waals surface area contributed by atoms with E-state index in [2.05, 4.69) is 26.2 Å². The number of hydrogen-bond acceptors (Lipinski definition) is 5. The summed E-state index contributed by atoms with van der Waals surface area (Å²) in [5.74, 6) is -0.625. The summed E-state index contributed by atoms with van der Waals surface area (Å²) in [5.41, 5.74) is 2.30. The molecule has 0 saturated carbocycles. The topological polar surface area (TPSA) is 68.3 Å². The van der Waals surface area contributed by atoms with Crippen LogP contribution in [-0.4, -0.2) is 24.0 Å². The largest absolute Gasteiger partial charge is 0.469 e. The fraction of sp³-hybridized carbons (Fsp3) is 0.190. The van der Waals surface area contributed by atoms with Crippen molar-refractivity contribution in [2.45, 2.75) is 18.9 Å². The highest BCUT2D eigenvalue weighted by molar-refractivity contribution is 9.10. The van der Waals surface area contributed by atoms with Crippen LogP contribution in [0.2, 0.25) is 5.02 Å². The van der Waals surface area contributed by atoms with Gasteiger partial charge in [-0.2, -0.15) is 0 Å². The molecule has 1 unspecified atom stereocenters. The van der Waals surface area contributed by atoms with Crippen LogP contribution >= 0.6 is 38.9 Å². The van der Waals surface area contributed by atoms with E-state index >= 15 is 0 Å². The number of aromatic nitrogens is 1. The first-order valence-electron chi connectivity index (χ1n) is 8.77. The molecule has 8 heteroatoms. The molecule has 29 heavy (non-hydrogen) atoms. The molecule has 0 aliphatic carbocycles. The molecule has 150 valence electrons. The number of methoxy groups -OCH3 is 1. The van der Waals surface area contributed by atoms with Gasteiger partial charge in [-0.05, 0) is 23.8 Å². The van der Waals surface area contributed by atoms with Crippen LogP contribution < -0.4 is 5.32 Å². The fourth-order valence-corrected chi connectivity index (χ4v) is 4.34. The molecule has 1 N–H and O–H groups in total. The van der Waals surface area contributed by atoms with Crippen molar-refractivity contribution in [2.75, 3.05) is 7.11 Å². The minimum atomic E-state index is -0.492. The first kappa shape index (κ1) is 21.5. The van der Waals surface area contributed by atoms with E-state index in [-0.39, 0.29) is 18.7 Å². The molecule has 2 aromatic carbocycles. The molecule has 0 fully saturated rings. The quantitative estimate of drug-likeness (QED) is 0.460. The zero-order valence-electron chi connectivity index (χ0n) is 15.5. The Morgan fingerprint density at radius 1 is 1.24 bits per heavy atom. The first-order chi connectivity index (χ1) is 14.0. The van der Waals surface area contributed by atoms with E-state index < -0.39 is 12.0 Å². The van der Waals surface area contributed by atoms with Crippen molar-refractivity contribution < 1.29 is 14.3 Å². The summed E-state index contributed by atoms with van der Waals surface area (Å²) in [5, 5.41) is 6.13. The van der Waals surface area contributed by atoms with E-state index in [1.165, 1.54) is 18.4 Å². The molecule has 0 radical (unpaired) electrons. The average Bonchev–Trinajstić information content (AvgIpc) is 3.15. The lowest BCUT2D eigenvalue weighted by molar-refractivity contribution is -0.141. The van der Waals surface area contributed by atoms with Gasteiger partial charge in [-0.3, -0.25) is 9.59 Å². The van der Waals surface area contributed by atoms with Gasteiger partial charge in [0.25, 0.3) is 0 Å². The Balaban J connectivity index is 1.72. The number of thiazole rings is 1. The van der Waals surface area contributed by atoms with Gasteiger partial charge in [0.15, 0.2) is 0 Å². The van der Waals surface area contributed by atoms with Gasteiger partial charge in [0.1, 0.15) is 5.01 Å². The zero-order chi connectivity index (χ0) is 20.8. The molecule has 1 atom stereocenters. The number of halogens is 2. The number of amides is 1. The van der Waals surface area contributed by atoms with Gasteiger partial charge < -0.3 is 10.1 Å². The Kier molecular flexibility index (Phi) is 7.41. The maximum absolute atomic E-state index is 12.6. The molecule has 0 spiro atoms. The van der Waals surface area contributed by atoms with Gasteiger partial charge in [-0.25, -0.2) is 4.98 Å². The molecule has 1 heterocycles. The third kappa shape index (κ3) is 5.88. The highest BCUT2D eigenvalue weighted by Crippen LogP contribution is 2.30. The number of ether oxygens (including phenoxy) is 1. The fourth-order valence-electron chi connectivity index (χ4n) is 2.78. The van der Waals surface area contributed by atoms with Crippen LogP contribution in [0, 0.1) is 0 Å².